The van der Waals surface area contributed by atoms with Crippen molar-refractivity contribution in [2.24, 2.45) is 0 Å². The zero-order chi connectivity index (χ0) is 20.5. The van der Waals surface area contributed by atoms with E-state index in [9.17, 15) is 14.4 Å². The average molecular weight is 409 g/mol. The zero-order valence-electron chi connectivity index (χ0n) is 16.7. The minimum absolute atomic E-state index is 0.172. The Morgan fingerprint density at radius 1 is 1.14 bits per heavy atom. The van der Waals surface area contributed by atoms with E-state index in [0.717, 1.165) is 12.8 Å². The van der Waals surface area contributed by atoms with Crippen LogP contribution in [0.5, 0.6) is 11.5 Å². The van der Waals surface area contributed by atoms with E-state index in [4.69, 9.17) is 9.47 Å². The van der Waals surface area contributed by atoms with E-state index in [-0.39, 0.29) is 42.5 Å². The number of likely N-dealkylation sites (tertiary alicyclic amines) is 1. The van der Waals surface area contributed by atoms with Crippen LogP contribution in [-0.4, -0.2) is 60.4 Å². The van der Waals surface area contributed by atoms with Gasteiger partial charge in [-0.05, 0) is 31.2 Å². The molecule has 28 heavy (non-hydrogen) atoms. The lowest BCUT2D eigenvalue weighted by Crippen LogP contribution is -2.38. The Bertz CT molecular complexity index is 684. The van der Waals surface area contributed by atoms with Gasteiger partial charge in [-0.25, -0.2) is 0 Å². The fourth-order valence-electron chi connectivity index (χ4n) is 2.76. The molecule has 0 radical (unpaired) electrons. The maximum atomic E-state index is 12.5. The molecule has 1 saturated heterocycles. The molecule has 1 fully saturated rings. The highest BCUT2D eigenvalue weighted by Gasteiger charge is 2.37. The van der Waals surface area contributed by atoms with Crippen LogP contribution >= 0.6 is 11.8 Å². The molecule has 0 saturated carbocycles. The second-order valence-corrected chi connectivity index (χ2v) is 7.50. The lowest BCUT2D eigenvalue weighted by Gasteiger charge is -2.15. The van der Waals surface area contributed by atoms with Gasteiger partial charge >= 0.3 is 0 Å². The second-order valence-electron chi connectivity index (χ2n) is 6.46. The van der Waals surface area contributed by atoms with Gasteiger partial charge in [-0.2, -0.15) is 11.8 Å². The number of rotatable bonds is 11. The van der Waals surface area contributed by atoms with E-state index < -0.39 is 0 Å². The van der Waals surface area contributed by atoms with Crippen LogP contribution in [0.3, 0.4) is 0 Å². The average Bonchev–Trinajstić information content (AvgIpc) is 2.97. The summed E-state index contributed by atoms with van der Waals surface area (Å²) in [5.74, 6) is 0.478. The molecule has 0 aliphatic carbocycles. The van der Waals surface area contributed by atoms with Crippen LogP contribution in [0.2, 0.25) is 0 Å². The van der Waals surface area contributed by atoms with Crippen LogP contribution in [0.4, 0.5) is 0 Å². The van der Waals surface area contributed by atoms with Gasteiger partial charge in [-0.1, -0.05) is 13.8 Å². The SMILES string of the molecule is CCCOc1cc(OCCC)cc(C(=O)NCCN2C(=O)CC(SC)C2=O)c1. The third-order valence-corrected chi connectivity index (χ3v) is 5.13. The summed E-state index contributed by atoms with van der Waals surface area (Å²) in [5.41, 5.74) is 0.417. The quantitative estimate of drug-likeness (QED) is 0.566. The number of hydrogen-bond donors (Lipinski definition) is 1. The molecular weight excluding hydrogens is 380 g/mol. The molecule has 8 heteroatoms. The van der Waals surface area contributed by atoms with Gasteiger partial charge < -0.3 is 14.8 Å². The summed E-state index contributed by atoms with van der Waals surface area (Å²) in [4.78, 5) is 37.8. The fourth-order valence-corrected chi connectivity index (χ4v) is 3.40. The first-order valence-corrected chi connectivity index (χ1v) is 10.8. The van der Waals surface area contributed by atoms with E-state index in [1.54, 1.807) is 18.2 Å². The predicted octanol–water partition coefficient (Wildman–Crippen LogP) is 2.48. The number of hydrogen-bond acceptors (Lipinski definition) is 6. The Hall–Kier alpha value is -2.22. The molecule has 0 bridgehead atoms. The summed E-state index contributed by atoms with van der Waals surface area (Å²) in [6, 6.07) is 5.10. The summed E-state index contributed by atoms with van der Waals surface area (Å²) in [6.07, 6.45) is 3.75. The summed E-state index contributed by atoms with van der Waals surface area (Å²) >= 11 is 1.37. The summed E-state index contributed by atoms with van der Waals surface area (Å²) in [6.45, 7) is 5.48. The number of nitrogens with zero attached hydrogens (tertiary/aromatic N) is 1. The third kappa shape index (κ3) is 5.89. The number of imide groups is 1. The maximum absolute atomic E-state index is 12.5. The Morgan fingerprint density at radius 2 is 1.75 bits per heavy atom. The number of thioether (sulfide) groups is 1. The Kier molecular flexibility index (Phi) is 8.63. The number of nitrogens with one attached hydrogen (secondary N) is 1. The first-order valence-electron chi connectivity index (χ1n) is 9.56. The lowest BCUT2D eigenvalue weighted by molar-refractivity contribution is -0.138. The third-order valence-electron chi connectivity index (χ3n) is 4.20. The van der Waals surface area contributed by atoms with Crippen molar-refractivity contribution in [1.29, 1.82) is 0 Å². The van der Waals surface area contributed by atoms with Gasteiger partial charge in [-0.3, -0.25) is 19.3 Å². The normalized spacial score (nSPS) is 16.4. The Balaban J connectivity index is 1.98. The molecule has 1 aromatic rings. The molecule has 1 atom stereocenters. The van der Waals surface area contributed by atoms with Crippen LogP contribution in [0.15, 0.2) is 18.2 Å². The van der Waals surface area contributed by atoms with E-state index in [0.29, 0.717) is 30.3 Å². The van der Waals surface area contributed by atoms with Crippen molar-refractivity contribution in [1.82, 2.24) is 10.2 Å². The topological polar surface area (TPSA) is 84.9 Å². The molecule has 2 rings (SSSR count). The van der Waals surface area contributed by atoms with Crippen LogP contribution < -0.4 is 14.8 Å². The van der Waals surface area contributed by atoms with Crippen LogP contribution in [0.25, 0.3) is 0 Å². The van der Waals surface area contributed by atoms with Gasteiger partial charge in [0.2, 0.25) is 11.8 Å². The van der Waals surface area contributed by atoms with Crippen molar-refractivity contribution in [2.45, 2.75) is 38.4 Å². The van der Waals surface area contributed by atoms with Gasteiger partial charge in [0.05, 0.1) is 18.5 Å². The molecule has 3 amide bonds. The molecule has 1 unspecified atom stereocenters. The van der Waals surface area contributed by atoms with Gasteiger partial charge in [0.1, 0.15) is 11.5 Å². The van der Waals surface area contributed by atoms with Gasteiger partial charge in [0, 0.05) is 31.1 Å². The Morgan fingerprint density at radius 3 is 2.25 bits per heavy atom. The first-order chi connectivity index (χ1) is 13.5. The predicted molar refractivity (Wildman–Crippen MR) is 109 cm³/mol. The smallest absolute Gasteiger partial charge is 0.251 e. The van der Waals surface area contributed by atoms with Crippen molar-refractivity contribution in [3.05, 3.63) is 23.8 Å². The fraction of sp³-hybridized carbons (Fsp3) is 0.550. The van der Waals surface area contributed by atoms with Crippen molar-refractivity contribution in [3.63, 3.8) is 0 Å². The molecule has 1 aromatic carbocycles. The van der Waals surface area contributed by atoms with Crippen molar-refractivity contribution < 1.29 is 23.9 Å². The Labute approximate surface area is 170 Å². The van der Waals surface area contributed by atoms with Crippen molar-refractivity contribution in [3.8, 4) is 11.5 Å². The molecular formula is C20H28N2O5S. The molecule has 1 N–H and O–H groups in total. The van der Waals surface area contributed by atoms with Crippen LogP contribution in [-0.2, 0) is 9.59 Å². The number of benzene rings is 1. The highest BCUT2D eigenvalue weighted by atomic mass is 32.2. The highest BCUT2D eigenvalue weighted by molar-refractivity contribution is 8.00. The minimum Gasteiger partial charge on any atom is -0.493 e. The zero-order valence-corrected chi connectivity index (χ0v) is 17.5. The van der Waals surface area contributed by atoms with E-state index in [1.165, 1.54) is 16.7 Å². The monoisotopic (exact) mass is 408 g/mol. The molecule has 1 aliphatic rings. The van der Waals surface area contributed by atoms with Crippen LogP contribution in [0, 0.1) is 0 Å². The number of ether oxygens (including phenoxy) is 2. The molecule has 1 heterocycles. The molecule has 7 nitrogen and oxygen atoms in total. The first kappa shape index (κ1) is 22.1. The van der Waals surface area contributed by atoms with E-state index in [1.807, 2.05) is 20.1 Å². The minimum atomic E-state index is -0.311. The number of carbonyl (C=O) groups is 3. The highest BCUT2D eigenvalue weighted by Crippen LogP contribution is 2.24. The molecule has 1 aliphatic heterocycles. The number of amides is 3. The molecule has 0 aromatic heterocycles. The lowest BCUT2D eigenvalue weighted by atomic mass is 10.2. The largest absolute Gasteiger partial charge is 0.493 e. The van der Waals surface area contributed by atoms with E-state index in [2.05, 4.69) is 5.32 Å². The second kappa shape index (κ2) is 10.9. The summed E-state index contributed by atoms with van der Waals surface area (Å²) < 4.78 is 11.3. The van der Waals surface area contributed by atoms with Crippen LogP contribution in [0.1, 0.15) is 43.5 Å². The molecule has 154 valence electrons. The maximum Gasteiger partial charge on any atom is 0.251 e. The van der Waals surface area contributed by atoms with Gasteiger partial charge in [0.25, 0.3) is 5.91 Å². The van der Waals surface area contributed by atoms with Gasteiger partial charge in [-0.15, -0.1) is 0 Å². The molecule has 0 spiro atoms. The van der Waals surface area contributed by atoms with Gasteiger partial charge in [0.15, 0.2) is 0 Å². The summed E-state index contributed by atoms with van der Waals surface area (Å²) in [5, 5.41) is 2.45. The van der Waals surface area contributed by atoms with Crippen molar-refractivity contribution in [2.75, 3.05) is 32.6 Å². The summed E-state index contributed by atoms with van der Waals surface area (Å²) in [7, 11) is 0. The van der Waals surface area contributed by atoms with Crippen molar-refractivity contribution >= 4 is 29.5 Å². The standard InChI is InChI=1S/C20H28N2O5S/c1-4-8-26-15-10-14(11-16(12-15)27-9-5-2)19(24)21-6-7-22-18(23)13-17(28-3)20(22)25/h10-12,17H,4-9,13H2,1-3H3,(H,21,24). The number of carbonyl (C=O) groups excluding carboxylic acids is 3. The van der Waals surface area contributed by atoms with E-state index >= 15 is 0 Å².